The van der Waals surface area contributed by atoms with Crippen LogP contribution in [0.5, 0.6) is 0 Å². The van der Waals surface area contributed by atoms with Crippen molar-refractivity contribution in [2.75, 3.05) is 13.1 Å². The number of hydrogen-bond donors (Lipinski definition) is 2. The fourth-order valence-electron chi connectivity index (χ4n) is 4.77. The van der Waals surface area contributed by atoms with Crippen LogP contribution in [0.1, 0.15) is 48.8 Å². The van der Waals surface area contributed by atoms with Gasteiger partial charge in [0, 0.05) is 12.6 Å². The van der Waals surface area contributed by atoms with Crippen molar-refractivity contribution in [3.8, 4) is 0 Å². The molecule has 3 N–H and O–H groups in total. The largest absolute Gasteiger partial charge is 0.352 e. The Morgan fingerprint density at radius 1 is 1.15 bits per heavy atom. The SMILES string of the molecule is Cc1cc(C)c(S(=O)(=O)N2CCCC2C(=O)NC2CCCC2CN)c(C)c1. The number of carbonyl (C=O) groups excluding carboxylic acids is 1. The summed E-state index contributed by atoms with van der Waals surface area (Å²) in [5.41, 5.74) is 8.32. The fourth-order valence-corrected chi connectivity index (χ4v) is 6.84. The van der Waals surface area contributed by atoms with Crippen LogP contribution >= 0.6 is 0 Å². The van der Waals surface area contributed by atoms with E-state index in [1.54, 1.807) is 0 Å². The van der Waals surface area contributed by atoms with Crippen molar-refractivity contribution in [3.63, 3.8) is 0 Å². The molecular weight excluding hydrogens is 362 g/mol. The van der Waals surface area contributed by atoms with Crippen molar-refractivity contribution in [2.24, 2.45) is 11.7 Å². The van der Waals surface area contributed by atoms with Crippen molar-refractivity contribution in [2.45, 2.75) is 69.9 Å². The Labute approximate surface area is 162 Å². The lowest BCUT2D eigenvalue weighted by atomic mass is 10.0. The fraction of sp³-hybridized carbons (Fsp3) is 0.650. The molecule has 2 aliphatic rings. The predicted octanol–water partition coefficient (Wildman–Crippen LogP) is 2.01. The van der Waals surface area contributed by atoms with Gasteiger partial charge in [-0.05, 0) is 70.0 Å². The third-order valence-corrected chi connectivity index (χ3v) is 8.18. The van der Waals surface area contributed by atoms with Crippen LogP contribution in [0.4, 0.5) is 0 Å². The van der Waals surface area contributed by atoms with Crippen molar-refractivity contribution in [1.82, 2.24) is 9.62 Å². The normalized spacial score (nSPS) is 26.4. The maximum Gasteiger partial charge on any atom is 0.244 e. The summed E-state index contributed by atoms with van der Waals surface area (Å²) in [6.45, 7) is 6.54. The molecule has 1 saturated carbocycles. The molecule has 7 heteroatoms. The average molecular weight is 394 g/mol. The third-order valence-electron chi connectivity index (χ3n) is 5.97. The highest BCUT2D eigenvalue weighted by Crippen LogP contribution is 2.31. The molecule has 1 amide bonds. The van der Waals surface area contributed by atoms with Gasteiger partial charge in [0.15, 0.2) is 0 Å². The van der Waals surface area contributed by atoms with Gasteiger partial charge in [0.1, 0.15) is 6.04 Å². The first-order chi connectivity index (χ1) is 12.8. The maximum atomic E-state index is 13.4. The number of aryl methyl sites for hydroxylation is 3. The minimum absolute atomic E-state index is 0.0653. The Morgan fingerprint density at radius 3 is 2.44 bits per heavy atom. The number of nitrogens with two attached hydrogens (primary N) is 1. The monoisotopic (exact) mass is 393 g/mol. The minimum Gasteiger partial charge on any atom is -0.352 e. The van der Waals surface area contributed by atoms with E-state index in [-0.39, 0.29) is 11.9 Å². The summed E-state index contributed by atoms with van der Waals surface area (Å²) in [5.74, 6) is 0.117. The Morgan fingerprint density at radius 2 is 1.81 bits per heavy atom. The van der Waals surface area contributed by atoms with E-state index in [0.29, 0.717) is 36.7 Å². The second kappa shape index (κ2) is 7.89. The van der Waals surface area contributed by atoms with E-state index < -0.39 is 16.1 Å². The van der Waals surface area contributed by atoms with Crippen LogP contribution < -0.4 is 11.1 Å². The van der Waals surface area contributed by atoms with E-state index in [1.807, 2.05) is 32.9 Å². The molecule has 3 atom stereocenters. The lowest BCUT2D eigenvalue weighted by Gasteiger charge is -2.27. The van der Waals surface area contributed by atoms with Gasteiger partial charge in [0.2, 0.25) is 15.9 Å². The van der Waals surface area contributed by atoms with Crippen molar-refractivity contribution >= 4 is 15.9 Å². The summed E-state index contributed by atoms with van der Waals surface area (Å²) < 4.78 is 28.2. The third kappa shape index (κ3) is 3.91. The second-order valence-corrected chi connectivity index (χ2v) is 9.87. The van der Waals surface area contributed by atoms with Crippen molar-refractivity contribution in [3.05, 3.63) is 28.8 Å². The Balaban J connectivity index is 1.84. The Hall–Kier alpha value is -1.44. The first-order valence-corrected chi connectivity index (χ1v) is 11.3. The minimum atomic E-state index is -3.72. The summed E-state index contributed by atoms with van der Waals surface area (Å²) in [4.78, 5) is 13.3. The number of carbonyl (C=O) groups is 1. The van der Waals surface area contributed by atoms with Crippen LogP contribution in [-0.2, 0) is 14.8 Å². The molecule has 2 fully saturated rings. The number of amides is 1. The molecule has 1 saturated heterocycles. The van der Waals surface area contributed by atoms with Crippen LogP contribution in [0.2, 0.25) is 0 Å². The molecule has 1 aliphatic heterocycles. The molecule has 27 heavy (non-hydrogen) atoms. The van der Waals surface area contributed by atoms with Gasteiger partial charge in [-0.2, -0.15) is 4.31 Å². The maximum absolute atomic E-state index is 13.4. The molecule has 0 radical (unpaired) electrons. The standard InChI is InChI=1S/C20H31N3O3S/c1-13-10-14(2)19(15(3)11-13)27(25,26)23-9-5-8-18(23)20(24)22-17-7-4-6-16(17)12-21/h10-11,16-18H,4-9,12,21H2,1-3H3,(H,22,24). The number of nitrogens with one attached hydrogen (secondary N) is 1. The van der Waals surface area contributed by atoms with E-state index in [9.17, 15) is 13.2 Å². The molecule has 150 valence electrons. The van der Waals surface area contributed by atoms with Crippen LogP contribution in [0.15, 0.2) is 17.0 Å². The van der Waals surface area contributed by atoms with E-state index in [1.165, 1.54) is 4.31 Å². The smallest absolute Gasteiger partial charge is 0.244 e. The summed E-state index contributed by atoms with van der Waals surface area (Å²) in [6.07, 6.45) is 4.27. The molecule has 1 aliphatic carbocycles. The van der Waals surface area contributed by atoms with Gasteiger partial charge in [-0.3, -0.25) is 4.79 Å². The zero-order valence-corrected chi connectivity index (χ0v) is 17.3. The lowest BCUT2D eigenvalue weighted by molar-refractivity contribution is -0.125. The van der Waals surface area contributed by atoms with Gasteiger partial charge < -0.3 is 11.1 Å². The highest BCUT2D eigenvalue weighted by Gasteiger charge is 2.41. The summed E-state index contributed by atoms with van der Waals surface area (Å²) >= 11 is 0. The zero-order valence-electron chi connectivity index (χ0n) is 16.5. The topological polar surface area (TPSA) is 92.5 Å². The van der Waals surface area contributed by atoms with Gasteiger partial charge in [-0.15, -0.1) is 0 Å². The number of nitrogens with zero attached hydrogens (tertiary/aromatic N) is 1. The summed E-state index contributed by atoms with van der Waals surface area (Å²) in [5, 5.41) is 3.09. The second-order valence-electron chi connectivity index (χ2n) is 8.04. The summed E-state index contributed by atoms with van der Waals surface area (Å²) in [6, 6.07) is 3.20. The Bertz CT molecular complexity index is 799. The molecule has 0 aromatic heterocycles. The predicted molar refractivity (Wildman–Crippen MR) is 106 cm³/mol. The number of hydrogen-bond acceptors (Lipinski definition) is 4. The number of benzene rings is 1. The van der Waals surface area contributed by atoms with E-state index in [0.717, 1.165) is 36.0 Å². The van der Waals surface area contributed by atoms with Crippen LogP contribution in [0.25, 0.3) is 0 Å². The summed E-state index contributed by atoms with van der Waals surface area (Å²) in [7, 11) is -3.72. The lowest BCUT2D eigenvalue weighted by Crippen LogP contribution is -2.50. The van der Waals surface area contributed by atoms with Gasteiger partial charge >= 0.3 is 0 Å². The highest BCUT2D eigenvalue weighted by atomic mass is 32.2. The quantitative estimate of drug-likeness (QED) is 0.800. The molecular formula is C20H31N3O3S. The molecule has 0 bridgehead atoms. The molecule has 1 heterocycles. The molecule has 1 aromatic carbocycles. The molecule has 3 rings (SSSR count). The number of rotatable bonds is 5. The van der Waals surface area contributed by atoms with Crippen LogP contribution in [0.3, 0.4) is 0 Å². The van der Waals surface area contributed by atoms with Crippen molar-refractivity contribution in [1.29, 1.82) is 0 Å². The van der Waals surface area contributed by atoms with Gasteiger partial charge in [-0.25, -0.2) is 8.42 Å². The first-order valence-electron chi connectivity index (χ1n) is 9.86. The van der Waals surface area contributed by atoms with Gasteiger partial charge in [-0.1, -0.05) is 24.1 Å². The van der Waals surface area contributed by atoms with Gasteiger partial charge in [0.25, 0.3) is 0 Å². The molecule has 3 unspecified atom stereocenters. The van der Waals surface area contributed by atoms with Gasteiger partial charge in [0.05, 0.1) is 4.90 Å². The van der Waals surface area contributed by atoms with Crippen molar-refractivity contribution < 1.29 is 13.2 Å². The molecule has 1 aromatic rings. The van der Waals surface area contributed by atoms with Crippen LogP contribution in [-0.4, -0.2) is 43.8 Å². The highest BCUT2D eigenvalue weighted by molar-refractivity contribution is 7.89. The van der Waals surface area contributed by atoms with E-state index >= 15 is 0 Å². The van der Waals surface area contributed by atoms with E-state index in [2.05, 4.69) is 5.32 Å². The zero-order chi connectivity index (χ0) is 19.8. The van der Waals surface area contributed by atoms with Crippen LogP contribution in [0, 0.1) is 26.7 Å². The van der Waals surface area contributed by atoms with E-state index in [4.69, 9.17) is 5.73 Å². The number of sulfonamides is 1. The molecule has 6 nitrogen and oxygen atoms in total. The average Bonchev–Trinajstić information content (AvgIpc) is 3.22. The first kappa shape index (κ1) is 20.3. The molecule has 0 spiro atoms. The Kier molecular flexibility index (Phi) is 5.93.